The lowest BCUT2D eigenvalue weighted by atomic mass is 10.2. The van der Waals surface area contributed by atoms with Gasteiger partial charge >= 0.3 is 11.6 Å². The van der Waals surface area contributed by atoms with Crippen molar-refractivity contribution < 1.29 is 14.3 Å². The van der Waals surface area contributed by atoms with Crippen LogP contribution in [0.3, 0.4) is 0 Å². The van der Waals surface area contributed by atoms with Gasteiger partial charge in [-0.25, -0.2) is 9.59 Å². The number of hydrogen-bond donors (Lipinski definition) is 1. The van der Waals surface area contributed by atoms with Crippen molar-refractivity contribution in [2.45, 2.75) is 0 Å². The molecule has 1 aromatic carbocycles. The number of rotatable bonds is 1. The second-order valence-corrected chi connectivity index (χ2v) is 3.84. The van der Waals surface area contributed by atoms with Crippen LogP contribution < -0.4 is 5.63 Å². The van der Waals surface area contributed by atoms with Crippen LogP contribution in [0.5, 0.6) is 0 Å². The van der Waals surface area contributed by atoms with Gasteiger partial charge in [0.25, 0.3) is 0 Å². The van der Waals surface area contributed by atoms with Gasteiger partial charge in [-0.3, -0.25) is 0 Å². The quantitative estimate of drug-likeness (QED) is 0.799. The first kappa shape index (κ1) is 11.0. The molecule has 0 fully saturated rings. The van der Waals surface area contributed by atoms with Crippen LogP contribution in [0.2, 0.25) is 10.0 Å². The van der Waals surface area contributed by atoms with Gasteiger partial charge in [0.15, 0.2) is 5.56 Å². The maximum atomic E-state index is 11.3. The van der Waals surface area contributed by atoms with E-state index in [0.717, 1.165) is 0 Å². The van der Waals surface area contributed by atoms with Gasteiger partial charge in [-0.2, -0.15) is 0 Å². The largest absolute Gasteiger partial charge is 0.477 e. The standard InChI is InChI=1S/C10H4Cl2O4/c11-4-1-2-6-5(3-4)8(12)7(9(13)14)10(15)16-6/h1-3H,(H,13,14). The van der Waals surface area contributed by atoms with E-state index in [0.29, 0.717) is 10.4 Å². The molecule has 0 unspecified atom stereocenters. The average Bonchev–Trinajstić information content (AvgIpc) is 2.19. The summed E-state index contributed by atoms with van der Waals surface area (Å²) in [5.41, 5.74) is -1.37. The number of carboxylic acid groups (broad SMARTS) is 1. The molecule has 0 atom stereocenters. The van der Waals surface area contributed by atoms with Crippen LogP contribution in [0.25, 0.3) is 11.0 Å². The van der Waals surface area contributed by atoms with E-state index in [1.165, 1.54) is 18.2 Å². The Bertz CT molecular complexity index is 645. The van der Waals surface area contributed by atoms with E-state index >= 15 is 0 Å². The Morgan fingerprint density at radius 1 is 1.31 bits per heavy atom. The number of carbonyl (C=O) groups is 1. The molecule has 2 rings (SSSR count). The molecule has 4 nitrogen and oxygen atoms in total. The Hall–Kier alpha value is -1.52. The van der Waals surface area contributed by atoms with Crippen molar-refractivity contribution in [2.75, 3.05) is 0 Å². The van der Waals surface area contributed by atoms with E-state index in [4.69, 9.17) is 32.7 Å². The molecule has 0 aliphatic rings. The molecule has 2 aromatic rings. The van der Waals surface area contributed by atoms with Crippen molar-refractivity contribution in [3.63, 3.8) is 0 Å². The highest BCUT2D eigenvalue weighted by molar-refractivity contribution is 6.38. The van der Waals surface area contributed by atoms with Crippen LogP contribution in [-0.4, -0.2) is 11.1 Å². The summed E-state index contributed by atoms with van der Waals surface area (Å²) in [5, 5.41) is 9.30. The first-order valence-electron chi connectivity index (χ1n) is 4.16. The molecular weight excluding hydrogens is 255 g/mol. The van der Waals surface area contributed by atoms with E-state index < -0.39 is 17.2 Å². The summed E-state index contributed by atoms with van der Waals surface area (Å²) >= 11 is 11.6. The van der Waals surface area contributed by atoms with Crippen LogP contribution in [0.15, 0.2) is 27.4 Å². The van der Waals surface area contributed by atoms with Gasteiger partial charge in [0.2, 0.25) is 0 Å². The van der Waals surface area contributed by atoms with Crippen molar-refractivity contribution in [1.29, 1.82) is 0 Å². The molecule has 0 saturated carbocycles. The van der Waals surface area contributed by atoms with Gasteiger partial charge in [-0.15, -0.1) is 0 Å². The maximum Gasteiger partial charge on any atom is 0.352 e. The Labute approximate surface area is 99.0 Å². The molecule has 0 saturated heterocycles. The zero-order valence-corrected chi connectivity index (χ0v) is 9.17. The maximum absolute atomic E-state index is 11.3. The Morgan fingerprint density at radius 2 is 2.00 bits per heavy atom. The number of halogens is 2. The molecule has 16 heavy (non-hydrogen) atoms. The second-order valence-electron chi connectivity index (χ2n) is 3.02. The Kier molecular flexibility index (Phi) is 2.61. The minimum absolute atomic E-state index is 0.166. The summed E-state index contributed by atoms with van der Waals surface area (Å²) in [6.45, 7) is 0. The second kappa shape index (κ2) is 3.81. The molecule has 0 aliphatic heterocycles. The number of aromatic carboxylic acids is 1. The third kappa shape index (κ3) is 1.66. The monoisotopic (exact) mass is 258 g/mol. The van der Waals surface area contributed by atoms with Crippen molar-refractivity contribution in [2.24, 2.45) is 0 Å². The fourth-order valence-electron chi connectivity index (χ4n) is 1.32. The summed E-state index contributed by atoms with van der Waals surface area (Å²) in [5.74, 6) is -1.43. The number of benzene rings is 1. The van der Waals surface area contributed by atoms with E-state index in [1.54, 1.807) is 0 Å². The lowest BCUT2D eigenvalue weighted by Crippen LogP contribution is -2.14. The number of carboxylic acids is 1. The summed E-state index contributed by atoms with van der Waals surface area (Å²) in [6, 6.07) is 4.41. The lowest BCUT2D eigenvalue weighted by Gasteiger charge is -2.02. The Balaban J connectivity index is 2.96. The minimum Gasteiger partial charge on any atom is -0.477 e. The minimum atomic E-state index is -1.43. The molecule has 1 heterocycles. The molecule has 0 spiro atoms. The molecule has 1 N–H and O–H groups in total. The van der Waals surface area contributed by atoms with Gasteiger partial charge in [0.05, 0.1) is 5.02 Å². The molecular formula is C10H4Cl2O4. The van der Waals surface area contributed by atoms with Crippen LogP contribution >= 0.6 is 23.2 Å². The van der Waals surface area contributed by atoms with Crippen molar-refractivity contribution in [3.8, 4) is 0 Å². The fraction of sp³-hybridized carbons (Fsp3) is 0. The topological polar surface area (TPSA) is 67.5 Å². The first-order chi connectivity index (χ1) is 7.50. The smallest absolute Gasteiger partial charge is 0.352 e. The summed E-state index contributed by atoms with van der Waals surface area (Å²) in [7, 11) is 0. The van der Waals surface area contributed by atoms with Gasteiger partial charge in [0.1, 0.15) is 5.58 Å². The molecule has 0 radical (unpaired) electrons. The highest BCUT2D eigenvalue weighted by Gasteiger charge is 2.19. The van der Waals surface area contributed by atoms with Gasteiger partial charge < -0.3 is 9.52 Å². The number of hydrogen-bond acceptors (Lipinski definition) is 3. The molecule has 0 amide bonds. The third-order valence-corrected chi connectivity index (χ3v) is 2.65. The van der Waals surface area contributed by atoms with Crippen molar-refractivity contribution in [3.05, 3.63) is 44.2 Å². The van der Waals surface area contributed by atoms with Gasteiger partial charge in [0, 0.05) is 10.4 Å². The Morgan fingerprint density at radius 3 is 2.62 bits per heavy atom. The lowest BCUT2D eigenvalue weighted by molar-refractivity contribution is 0.0693. The van der Waals surface area contributed by atoms with Crippen LogP contribution in [0.4, 0.5) is 0 Å². The van der Waals surface area contributed by atoms with Crippen LogP contribution in [-0.2, 0) is 0 Å². The number of fused-ring (bicyclic) bond motifs is 1. The van der Waals surface area contributed by atoms with Gasteiger partial charge in [-0.1, -0.05) is 23.2 Å². The molecule has 0 bridgehead atoms. The van der Waals surface area contributed by atoms with E-state index in [9.17, 15) is 9.59 Å². The zero-order chi connectivity index (χ0) is 11.9. The molecule has 0 aliphatic carbocycles. The SMILES string of the molecule is O=C(O)c1c(Cl)c2cc(Cl)ccc2oc1=O. The molecule has 82 valence electrons. The zero-order valence-electron chi connectivity index (χ0n) is 7.66. The van der Waals surface area contributed by atoms with Crippen LogP contribution in [0.1, 0.15) is 10.4 Å². The van der Waals surface area contributed by atoms with Crippen LogP contribution in [0, 0.1) is 0 Å². The fourth-order valence-corrected chi connectivity index (χ4v) is 1.80. The van der Waals surface area contributed by atoms with E-state index in [-0.39, 0.29) is 10.6 Å². The van der Waals surface area contributed by atoms with E-state index in [1.807, 2.05) is 0 Å². The van der Waals surface area contributed by atoms with Gasteiger partial charge in [-0.05, 0) is 18.2 Å². The van der Waals surface area contributed by atoms with E-state index in [2.05, 4.69) is 0 Å². The molecule has 1 aromatic heterocycles. The summed E-state index contributed by atoms with van der Waals surface area (Å²) in [6.07, 6.45) is 0. The normalized spacial score (nSPS) is 10.6. The summed E-state index contributed by atoms with van der Waals surface area (Å²) in [4.78, 5) is 22.1. The van der Waals surface area contributed by atoms with Crippen molar-refractivity contribution in [1.82, 2.24) is 0 Å². The highest BCUT2D eigenvalue weighted by atomic mass is 35.5. The predicted molar refractivity (Wildman–Crippen MR) is 59.5 cm³/mol. The average molecular weight is 259 g/mol. The third-order valence-electron chi connectivity index (χ3n) is 2.02. The highest BCUT2D eigenvalue weighted by Crippen LogP contribution is 2.27. The first-order valence-corrected chi connectivity index (χ1v) is 4.91. The summed E-state index contributed by atoms with van der Waals surface area (Å²) < 4.78 is 4.81. The van der Waals surface area contributed by atoms with Crippen molar-refractivity contribution >= 4 is 40.1 Å². The predicted octanol–water partition coefficient (Wildman–Crippen LogP) is 2.80. The molecule has 6 heteroatoms.